The average molecular weight is 376 g/mol. The van der Waals surface area contributed by atoms with Crippen LogP contribution in [0, 0.1) is 5.41 Å². The van der Waals surface area contributed by atoms with Crippen LogP contribution in [0.3, 0.4) is 0 Å². The molecular formula is C22H24N4O2. The predicted molar refractivity (Wildman–Crippen MR) is 109 cm³/mol. The molecule has 1 N–H and O–H groups in total. The zero-order valence-electron chi connectivity index (χ0n) is 16.3. The molecule has 1 aromatic carbocycles. The lowest BCUT2D eigenvalue weighted by Crippen LogP contribution is -2.55. The number of benzene rings is 1. The first-order valence-electron chi connectivity index (χ1n) is 9.36. The van der Waals surface area contributed by atoms with Crippen LogP contribution >= 0.6 is 0 Å². The van der Waals surface area contributed by atoms with Gasteiger partial charge in [-0.3, -0.25) is 14.3 Å². The molecule has 1 aliphatic heterocycles. The predicted octanol–water partition coefficient (Wildman–Crippen LogP) is 3.02. The van der Waals surface area contributed by atoms with Crippen molar-refractivity contribution in [2.24, 2.45) is 5.41 Å². The number of pyridine rings is 1. The number of rotatable bonds is 3. The molecule has 6 nitrogen and oxygen atoms in total. The lowest BCUT2D eigenvalue weighted by molar-refractivity contribution is 0.0342. The molecule has 1 atom stereocenters. The van der Waals surface area contributed by atoms with Gasteiger partial charge in [-0.05, 0) is 19.1 Å². The molecular weight excluding hydrogens is 352 g/mol. The van der Waals surface area contributed by atoms with Gasteiger partial charge in [0, 0.05) is 48.1 Å². The largest absolute Gasteiger partial charge is 0.367 e. The Hall–Kier alpha value is -2.99. The molecule has 0 fully saturated rings. The standard InChI is InChI=1S/C22H24N4O2/c1-21(2)14-25-19(27)13-18(16-9-11-23-12-10-16)24-20(25)26(15-21)22(3,28)17-7-5-4-6-8-17/h4-13,28H,14-15H2,1-3H3/t22-/m0/s1. The molecule has 0 bridgehead atoms. The topological polar surface area (TPSA) is 71.2 Å². The van der Waals surface area contributed by atoms with E-state index in [9.17, 15) is 9.90 Å². The number of hydrogen-bond acceptors (Lipinski definition) is 5. The summed E-state index contributed by atoms with van der Waals surface area (Å²) in [5.41, 5.74) is 0.514. The summed E-state index contributed by atoms with van der Waals surface area (Å²) in [6.45, 7) is 7.05. The second kappa shape index (κ2) is 6.56. The van der Waals surface area contributed by atoms with E-state index < -0.39 is 5.72 Å². The molecule has 0 spiro atoms. The molecule has 0 unspecified atom stereocenters. The Morgan fingerprint density at radius 3 is 2.43 bits per heavy atom. The molecule has 2 aromatic heterocycles. The molecule has 0 aliphatic carbocycles. The molecule has 3 heterocycles. The van der Waals surface area contributed by atoms with Crippen LogP contribution in [0.1, 0.15) is 26.3 Å². The fraction of sp³-hybridized carbons (Fsp3) is 0.318. The van der Waals surface area contributed by atoms with Crippen molar-refractivity contribution in [2.45, 2.75) is 33.0 Å². The third kappa shape index (κ3) is 3.20. The molecule has 0 amide bonds. The van der Waals surface area contributed by atoms with Crippen LogP contribution in [0.2, 0.25) is 0 Å². The van der Waals surface area contributed by atoms with E-state index in [4.69, 9.17) is 4.98 Å². The van der Waals surface area contributed by atoms with Crippen LogP contribution in [0.5, 0.6) is 0 Å². The van der Waals surface area contributed by atoms with Crippen LogP contribution in [-0.4, -0.2) is 26.2 Å². The van der Waals surface area contributed by atoms with Crippen molar-refractivity contribution in [1.29, 1.82) is 0 Å². The average Bonchev–Trinajstić information content (AvgIpc) is 2.69. The van der Waals surface area contributed by atoms with Crippen molar-refractivity contribution < 1.29 is 5.11 Å². The van der Waals surface area contributed by atoms with Gasteiger partial charge < -0.3 is 10.0 Å². The van der Waals surface area contributed by atoms with Crippen LogP contribution < -0.4 is 10.5 Å². The smallest absolute Gasteiger partial charge is 0.255 e. The molecule has 3 aromatic rings. The Balaban J connectivity index is 1.91. The maximum Gasteiger partial charge on any atom is 0.255 e. The minimum Gasteiger partial charge on any atom is -0.367 e. The highest BCUT2D eigenvalue weighted by atomic mass is 16.3. The summed E-state index contributed by atoms with van der Waals surface area (Å²) in [6, 6.07) is 14.7. The van der Waals surface area contributed by atoms with E-state index in [0.29, 0.717) is 24.7 Å². The van der Waals surface area contributed by atoms with Gasteiger partial charge in [-0.25, -0.2) is 4.98 Å². The Morgan fingerprint density at radius 2 is 1.75 bits per heavy atom. The van der Waals surface area contributed by atoms with Crippen molar-refractivity contribution in [1.82, 2.24) is 14.5 Å². The molecule has 28 heavy (non-hydrogen) atoms. The van der Waals surface area contributed by atoms with Gasteiger partial charge in [0.25, 0.3) is 5.56 Å². The van der Waals surface area contributed by atoms with E-state index in [-0.39, 0.29) is 11.0 Å². The Labute approximate surface area is 164 Å². The van der Waals surface area contributed by atoms with Gasteiger partial charge in [-0.1, -0.05) is 44.2 Å². The summed E-state index contributed by atoms with van der Waals surface area (Å²) >= 11 is 0. The minimum atomic E-state index is -1.31. The van der Waals surface area contributed by atoms with Crippen LogP contribution in [-0.2, 0) is 12.3 Å². The van der Waals surface area contributed by atoms with E-state index in [1.165, 1.54) is 0 Å². The lowest BCUT2D eigenvalue weighted by atomic mass is 9.89. The second-order valence-corrected chi connectivity index (χ2v) is 8.24. The van der Waals surface area contributed by atoms with Crippen molar-refractivity contribution in [3.8, 4) is 11.3 Å². The summed E-state index contributed by atoms with van der Waals surface area (Å²) in [4.78, 5) is 23.6. The molecule has 0 saturated heterocycles. The molecule has 144 valence electrons. The summed E-state index contributed by atoms with van der Waals surface area (Å²) in [6.07, 6.45) is 3.35. The normalized spacial score (nSPS) is 17.6. The van der Waals surface area contributed by atoms with Crippen LogP contribution in [0.25, 0.3) is 11.3 Å². The van der Waals surface area contributed by atoms with E-state index in [2.05, 4.69) is 18.8 Å². The van der Waals surface area contributed by atoms with Crippen molar-refractivity contribution >= 4 is 5.95 Å². The van der Waals surface area contributed by atoms with Gasteiger partial charge >= 0.3 is 0 Å². The zero-order valence-corrected chi connectivity index (χ0v) is 16.3. The van der Waals surface area contributed by atoms with Crippen LogP contribution in [0.15, 0.2) is 65.7 Å². The number of hydrogen-bond donors (Lipinski definition) is 1. The Bertz CT molecular complexity index is 1040. The second-order valence-electron chi connectivity index (χ2n) is 8.24. The quantitative estimate of drug-likeness (QED) is 0.761. The molecule has 1 aliphatic rings. The van der Waals surface area contributed by atoms with Gasteiger partial charge in [0.1, 0.15) is 0 Å². The van der Waals surface area contributed by atoms with Gasteiger partial charge in [0.15, 0.2) is 5.72 Å². The highest BCUT2D eigenvalue weighted by Gasteiger charge is 2.41. The van der Waals surface area contributed by atoms with Crippen molar-refractivity contribution in [3.05, 3.63) is 76.8 Å². The van der Waals surface area contributed by atoms with E-state index in [0.717, 1.165) is 11.1 Å². The van der Waals surface area contributed by atoms with Gasteiger partial charge in [-0.15, -0.1) is 0 Å². The fourth-order valence-corrected chi connectivity index (χ4v) is 3.75. The number of nitrogens with zero attached hydrogens (tertiary/aromatic N) is 4. The van der Waals surface area contributed by atoms with Crippen molar-refractivity contribution in [2.75, 3.05) is 11.4 Å². The Morgan fingerprint density at radius 1 is 1.07 bits per heavy atom. The first kappa shape index (κ1) is 18.4. The molecule has 0 radical (unpaired) electrons. The highest BCUT2D eigenvalue weighted by molar-refractivity contribution is 5.60. The van der Waals surface area contributed by atoms with Gasteiger partial charge in [-0.2, -0.15) is 0 Å². The summed E-state index contributed by atoms with van der Waals surface area (Å²) < 4.78 is 1.66. The molecule has 4 rings (SSSR count). The zero-order chi connectivity index (χ0) is 19.9. The number of aromatic nitrogens is 3. The Kier molecular flexibility index (Phi) is 4.31. The number of fused-ring (bicyclic) bond motifs is 1. The lowest BCUT2D eigenvalue weighted by Gasteiger charge is -2.47. The van der Waals surface area contributed by atoms with Crippen molar-refractivity contribution in [3.63, 3.8) is 0 Å². The fourth-order valence-electron chi connectivity index (χ4n) is 3.75. The van der Waals surface area contributed by atoms with Gasteiger partial charge in [0.2, 0.25) is 5.95 Å². The first-order valence-corrected chi connectivity index (χ1v) is 9.36. The summed E-state index contributed by atoms with van der Waals surface area (Å²) in [7, 11) is 0. The maximum absolute atomic E-state index is 13.0. The third-order valence-electron chi connectivity index (χ3n) is 5.22. The van der Waals surface area contributed by atoms with Crippen LogP contribution in [0.4, 0.5) is 5.95 Å². The first-order chi connectivity index (χ1) is 13.3. The van der Waals surface area contributed by atoms with Gasteiger partial charge in [0.05, 0.1) is 5.69 Å². The molecule has 6 heteroatoms. The number of anilines is 1. The summed E-state index contributed by atoms with van der Waals surface area (Å²) in [5, 5.41) is 11.5. The minimum absolute atomic E-state index is 0.126. The van der Waals surface area contributed by atoms with E-state index >= 15 is 0 Å². The monoisotopic (exact) mass is 376 g/mol. The molecule has 0 saturated carbocycles. The number of aliphatic hydroxyl groups is 1. The maximum atomic E-state index is 13.0. The third-order valence-corrected chi connectivity index (χ3v) is 5.22. The SMILES string of the molecule is CC1(C)CN([C@@](C)(O)c2ccccc2)c2nc(-c3ccncc3)cc(=O)n2C1. The van der Waals surface area contributed by atoms with E-state index in [1.54, 1.807) is 30.0 Å². The highest BCUT2D eigenvalue weighted by Crippen LogP contribution is 2.37. The van der Waals surface area contributed by atoms with E-state index in [1.807, 2.05) is 47.4 Å². The summed E-state index contributed by atoms with van der Waals surface area (Å²) in [5.74, 6) is 0.479.